The Labute approximate surface area is 108 Å². The monoisotopic (exact) mass is 262 g/mol. The van der Waals surface area contributed by atoms with Gasteiger partial charge in [-0.3, -0.25) is 0 Å². The summed E-state index contributed by atoms with van der Waals surface area (Å²) in [6.45, 7) is 3.71. The molecule has 0 bridgehead atoms. The van der Waals surface area contributed by atoms with Crippen LogP contribution < -0.4 is 0 Å². The molecule has 2 N–H and O–H groups in total. The molecule has 0 aliphatic carbocycles. The van der Waals surface area contributed by atoms with Gasteiger partial charge in [0.25, 0.3) is 0 Å². The molecule has 4 heteroatoms. The van der Waals surface area contributed by atoms with Crippen molar-refractivity contribution < 1.29 is 14.4 Å². The number of aryl methyl sites for hydroxylation is 2. The van der Waals surface area contributed by atoms with E-state index in [0.717, 1.165) is 11.1 Å². The Balaban J connectivity index is 2.54. The van der Waals surface area contributed by atoms with Crippen LogP contribution in [0.5, 0.6) is 11.5 Å². The standard InChI is InChI=1S/C14H14O3S/c1-9-3-5-11(15)13(7-9)18(17)14-8-10(2)4-6-12(14)16/h3-8,15-16H,1-2H3. The first-order valence-electron chi connectivity index (χ1n) is 5.50. The van der Waals surface area contributed by atoms with Gasteiger partial charge in [0.2, 0.25) is 0 Å². The van der Waals surface area contributed by atoms with Gasteiger partial charge in [-0.15, -0.1) is 0 Å². The highest BCUT2D eigenvalue weighted by Gasteiger charge is 2.15. The average Bonchev–Trinajstić information content (AvgIpc) is 2.34. The molecule has 0 fully saturated rings. The highest BCUT2D eigenvalue weighted by atomic mass is 32.2. The van der Waals surface area contributed by atoms with Crippen molar-refractivity contribution in [2.75, 3.05) is 0 Å². The lowest BCUT2D eigenvalue weighted by Crippen LogP contribution is -1.95. The van der Waals surface area contributed by atoms with E-state index in [1.54, 1.807) is 24.3 Å². The Bertz CT molecular complexity index is 567. The SMILES string of the molecule is Cc1ccc(O)c(S(=O)c2cc(C)ccc2O)c1. The van der Waals surface area contributed by atoms with Crippen molar-refractivity contribution in [3.8, 4) is 11.5 Å². The molecule has 3 nitrogen and oxygen atoms in total. The normalized spacial score (nSPS) is 10.8. The fourth-order valence-corrected chi connectivity index (χ4v) is 3.00. The van der Waals surface area contributed by atoms with Crippen molar-refractivity contribution in [1.29, 1.82) is 0 Å². The average molecular weight is 262 g/mol. The summed E-state index contributed by atoms with van der Waals surface area (Å²) in [7, 11) is -1.59. The van der Waals surface area contributed by atoms with Gasteiger partial charge in [-0.2, -0.15) is 0 Å². The maximum Gasteiger partial charge on any atom is 0.132 e. The Morgan fingerprint density at radius 1 is 0.833 bits per heavy atom. The van der Waals surface area contributed by atoms with E-state index in [9.17, 15) is 14.4 Å². The molecule has 0 aromatic heterocycles. The van der Waals surface area contributed by atoms with E-state index in [-0.39, 0.29) is 11.5 Å². The van der Waals surface area contributed by atoms with E-state index < -0.39 is 10.8 Å². The minimum absolute atomic E-state index is 0.0279. The van der Waals surface area contributed by atoms with Crippen LogP contribution >= 0.6 is 0 Å². The van der Waals surface area contributed by atoms with Gasteiger partial charge in [0, 0.05) is 0 Å². The van der Waals surface area contributed by atoms with Crippen molar-refractivity contribution in [3.63, 3.8) is 0 Å². The second-order valence-electron chi connectivity index (χ2n) is 4.21. The largest absolute Gasteiger partial charge is 0.507 e. The van der Waals surface area contributed by atoms with Crippen LogP contribution in [0.2, 0.25) is 0 Å². The van der Waals surface area contributed by atoms with Gasteiger partial charge in [-0.1, -0.05) is 12.1 Å². The molecule has 0 unspecified atom stereocenters. The van der Waals surface area contributed by atoms with Crippen LogP contribution in [0.1, 0.15) is 11.1 Å². The highest BCUT2D eigenvalue weighted by Crippen LogP contribution is 2.31. The summed E-state index contributed by atoms with van der Waals surface area (Å²) in [5.41, 5.74) is 1.81. The molecular formula is C14H14O3S. The molecule has 2 rings (SSSR count). The quantitative estimate of drug-likeness (QED) is 0.875. The summed E-state index contributed by atoms with van der Waals surface area (Å²) >= 11 is 0. The summed E-state index contributed by atoms with van der Waals surface area (Å²) in [5.74, 6) is -0.0559. The van der Waals surface area contributed by atoms with Gasteiger partial charge < -0.3 is 10.2 Å². The molecule has 0 aliphatic rings. The number of rotatable bonds is 2. The smallest absolute Gasteiger partial charge is 0.132 e. The summed E-state index contributed by atoms with van der Waals surface area (Å²) in [5, 5.41) is 19.5. The van der Waals surface area contributed by atoms with Gasteiger partial charge >= 0.3 is 0 Å². The zero-order chi connectivity index (χ0) is 13.3. The zero-order valence-corrected chi connectivity index (χ0v) is 11.0. The van der Waals surface area contributed by atoms with E-state index >= 15 is 0 Å². The van der Waals surface area contributed by atoms with E-state index in [1.807, 2.05) is 13.8 Å². The maximum atomic E-state index is 12.4. The second-order valence-corrected chi connectivity index (χ2v) is 5.63. The van der Waals surface area contributed by atoms with E-state index in [0.29, 0.717) is 9.79 Å². The fraction of sp³-hybridized carbons (Fsp3) is 0.143. The van der Waals surface area contributed by atoms with Crippen molar-refractivity contribution in [1.82, 2.24) is 0 Å². The topological polar surface area (TPSA) is 57.5 Å². The maximum absolute atomic E-state index is 12.4. The van der Waals surface area contributed by atoms with Crippen LogP contribution in [0.4, 0.5) is 0 Å². The fourth-order valence-electron chi connectivity index (χ4n) is 1.66. The Morgan fingerprint density at radius 3 is 1.61 bits per heavy atom. The first-order chi connectivity index (χ1) is 8.49. The molecule has 2 aromatic rings. The third kappa shape index (κ3) is 2.38. The molecule has 2 aromatic carbocycles. The first kappa shape index (κ1) is 12.6. The molecule has 94 valence electrons. The molecule has 0 saturated heterocycles. The minimum atomic E-state index is -1.59. The molecule has 0 radical (unpaired) electrons. The van der Waals surface area contributed by atoms with Crippen LogP contribution in [0.3, 0.4) is 0 Å². The summed E-state index contributed by atoms with van der Waals surface area (Å²) in [6, 6.07) is 9.82. The molecular weight excluding hydrogens is 248 g/mol. The minimum Gasteiger partial charge on any atom is -0.507 e. The molecule has 0 atom stereocenters. The van der Waals surface area contributed by atoms with Gasteiger partial charge in [-0.05, 0) is 49.2 Å². The Morgan fingerprint density at radius 2 is 1.22 bits per heavy atom. The van der Waals surface area contributed by atoms with E-state index in [2.05, 4.69) is 0 Å². The lowest BCUT2D eigenvalue weighted by atomic mass is 10.2. The van der Waals surface area contributed by atoms with E-state index in [4.69, 9.17) is 0 Å². The molecule has 0 saturated carbocycles. The zero-order valence-electron chi connectivity index (χ0n) is 10.2. The van der Waals surface area contributed by atoms with Gasteiger partial charge in [0.05, 0.1) is 20.6 Å². The summed E-state index contributed by atoms with van der Waals surface area (Å²) in [4.78, 5) is 0.631. The van der Waals surface area contributed by atoms with Crippen LogP contribution in [0, 0.1) is 13.8 Å². The molecule has 0 aliphatic heterocycles. The van der Waals surface area contributed by atoms with Crippen molar-refractivity contribution in [2.24, 2.45) is 0 Å². The van der Waals surface area contributed by atoms with Crippen molar-refractivity contribution >= 4 is 10.8 Å². The number of phenols is 2. The van der Waals surface area contributed by atoms with Crippen molar-refractivity contribution in [2.45, 2.75) is 23.6 Å². The van der Waals surface area contributed by atoms with Gasteiger partial charge in [-0.25, -0.2) is 4.21 Å². The summed E-state index contributed by atoms with van der Waals surface area (Å²) < 4.78 is 12.4. The number of phenolic OH excluding ortho intramolecular Hbond substituents is 2. The van der Waals surface area contributed by atoms with Crippen LogP contribution in [0.15, 0.2) is 46.2 Å². The second kappa shape index (κ2) is 4.82. The summed E-state index contributed by atoms with van der Waals surface area (Å²) in [6.07, 6.45) is 0. The number of benzene rings is 2. The number of hydrogen-bond acceptors (Lipinski definition) is 3. The predicted octanol–water partition coefficient (Wildman–Crippen LogP) is 2.88. The third-order valence-electron chi connectivity index (χ3n) is 2.63. The highest BCUT2D eigenvalue weighted by molar-refractivity contribution is 7.85. The van der Waals surface area contributed by atoms with Crippen LogP contribution in [-0.4, -0.2) is 14.4 Å². The third-order valence-corrected chi connectivity index (χ3v) is 4.08. The van der Waals surface area contributed by atoms with Gasteiger partial charge in [0.15, 0.2) is 0 Å². The molecule has 0 amide bonds. The lowest BCUT2D eigenvalue weighted by Gasteiger charge is -2.08. The predicted molar refractivity (Wildman–Crippen MR) is 70.4 cm³/mol. The Hall–Kier alpha value is -1.81. The van der Waals surface area contributed by atoms with Crippen LogP contribution in [-0.2, 0) is 10.8 Å². The first-order valence-corrected chi connectivity index (χ1v) is 6.65. The number of aromatic hydroxyl groups is 2. The lowest BCUT2D eigenvalue weighted by molar-refractivity contribution is 0.457. The van der Waals surface area contributed by atoms with Crippen molar-refractivity contribution in [3.05, 3.63) is 47.5 Å². The molecule has 0 heterocycles. The molecule has 0 spiro atoms. The molecule has 18 heavy (non-hydrogen) atoms. The number of hydrogen-bond donors (Lipinski definition) is 2. The Kier molecular flexibility index (Phi) is 3.39. The van der Waals surface area contributed by atoms with E-state index in [1.165, 1.54) is 12.1 Å². The van der Waals surface area contributed by atoms with Gasteiger partial charge in [0.1, 0.15) is 11.5 Å². The van der Waals surface area contributed by atoms with Crippen LogP contribution in [0.25, 0.3) is 0 Å².